The molecule has 1 aliphatic carbocycles. The Hall–Kier alpha value is -2.32. The van der Waals surface area contributed by atoms with Gasteiger partial charge in [-0.15, -0.1) is 11.8 Å². The average molecular weight is 500 g/mol. The summed E-state index contributed by atoms with van der Waals surface area (Å²) in [5, 5.41) is 6.83. The molecule has 34 heavy (non-hydrogen) atoms. The summed E-state index contributed by atoms with van der Waals surface area (Å²) in [7, 11) is 1.91. The van der Waals surface area contributed by atoms with Crippen LogP contribution in [0.4, 0.5) is 0 Å². The van der Waals surface area contributed by atoms with Crippen LogP contribution in [-0.2, 0) is 4.79 Å². The molecule has 2 fully saturated rings. The van der Waals surface area contributed by atoms with E-state index < -0.39 is 0 Å². The van der Waals surface area contributed by atoms with Crippen molar-refractivity contribution in [3.05, 3.63) is 52.2 Å². The molecule has 1 N–H and O–H groups in total. The summed E-state index contributed by atoms with van der Waals surface area (Å²) in [6.07, 6.45) is 7.31. The number of hydrogen-bond acceptors (Lipinski definition) is 5. The number of carbonyl (C=O) groups excluding carboxylic acids is 3. The summed E-state index contributed by atoms with van der Waals surface area (Å²) in [5.41, 5.74) is 1.35. The molecule has 8 heteroatoms. The van der Waals surface area contributed by atoms with Crippen LogP contribution in [0, 0.1) is 0 Å². The lowest BCUT2D eigenvalue weighted by Gasteiger charge is -2.33. The van der Waals surface area contributed by atoms with E-state index >= 15 is 0 Å². The van der Waals surface area contributed by atoms with Gasteiger partial charge in [-0.25, -0.2) is 0 Å². The minimum Gasteiger partial charge on any atom is -0.349 e. The predicted molar refractivity (Wildman–Crippen MR) is 138 cm³/mol. The molecule has 0 radical (unpaired) electrons. The third-order valence-corrected chi connectivity index (χ3v) is 8.63. The second kappa shape index (κ2) is 11.9. The Morgan fingerprint density at radius 3 is 2.50 bits per heavy atom. The van der Waals surface area contributed by atoms with Crippen molar-refractivity contribution in [3.63, 3.8) is 0 Å². The number of amides is 3. The summed E-state index contributed by atoms with van der Waals surface area (Å²) in [6, 6.07) is 9.82. The van der Waals surface area contributed by atoms with Crippen molar-refractivity contribution in [3.8, 4) is 0 Å². The first-order chi connectivity index (χ1) is 16.5. The molecule has 6 nitrogen and oxygen atoms in total. The molecule has 2 aliphatic rings. The lowest BCUT2D eigenvalue weighted by molar-refractivity contribution is -0.129. The summed E-state index contributed by atoms with van der Waals surface area (Å²) < 4.78 is 0. The second-order valence-electron chi connectivity index (χ2n) is 9.13. The standard InChI is InChI=1S/C26H33N3O3S2/c1-28(21-7-3-2-4-8-21)24(30)18-34-23-10-6-5-9-22(23)26(32)29-14-11-20(12-15-29)27-25(31)19-13-16-33-17-19/h5-6,9-10,13,16-17,20-21H,2-4,7-8,11-12,14-15,18H2,1H3,(H,27,31). The van der Waals surface area contributed by atoms with Crippen molar-refractivity contribution in [2.24, 2.45) is 0 Å². The molecule has 1 saturated carbocycles. The number of nitrogens with one attached hydrogen (secondary N) is 1. The quantitative estimate of drug-likeness (QED) is 0.563. The number of thiophene rings is 1. The van der Waals surface area contributed by atoms with Gasteiger partial charge in [-0.05, 0) is 49.3 Å². The van der Waals surface area contributed by atoms with E-state index in [1.54, 1.807) is 0 Å². The van der Waals surface area contributed by atoms with E-state index in [0.717, 1.165) is 30.6 Å². The summed E-state index contributed by atoms with van der Waals surface area (Å²) in [5.74, 6) is 0.421. The van der Waals surface area contributed by atoms with Crippen LogP contribution in [0.5, 0.6) is 0 Å². The lowest BCUT2D eigenvalue weighted by Crippen LogP contribution is -2.46. The van der Waals surface area contributed by atoms with Gasteiger partial charge in [-0.1, -0.05) is 31.4 Å². The van der Waals surface area contributed by atoms with Crippen LogP contribution in [0.2, 0.25) is 0 Å². The van der Waals surface area contributed by atoms with Gasteiger partial charge in [-0.2, -0.15) is 11.3 Å². The zero-order chi connectivity index (χ0) is 23.9. The molecular weight excluding hydrogens is 466 g/mol. The van der Waals surface area contributed by atoms with Gasteiger partial charge in [0.05, 0.1) is 11.3 Å². The first kappa shape index (κ1) is 24.8. The number of carbonyl (C=O) groups is 3. The van der Waals surface area contributed by atoms with Crippen LogP contribution >= 0.6 is 23.1 Å². The lowest BCUT2D eigenvalue weighted by atomic mass is 9.94. The minimum absolute atomic E-state index is 0.00112. The van der Waals surface area contributed by atoms with Crippen LogP contribution < -0.4 is 5.32 Å². The second-order valence-corrected chi connectivity index (χ2v) is 10.9. The fourth-order valence-electron chi connectivity index (χ4n) is 4.74. The molecule has 2 aromatic rings. The van der Waals surface area contributed by atoms with Gasteiger partial charge in [0.25, 0.3) is 11.8 Å². The van der Waals surface area contributed by atoms with Crippen LogP contribution in [-0.4, -0.2) is 65.5 Å². The molecule has 0 bridgehead atoms. The van der Waals surface area contributed by atoms with Gasteiger partial charge in [0.2, 0.25) is 5.91 Å². The SMILES string of the molecule is CN(C(=O)CSc1ccccc1C(=O)N1CCC(NC(=O)c2ccsc2)CC1)C1CCCCC1. The number of rotatable bonds is 7. The number of hydrogen-bond donors (Lipinski definition) is 1. The number of benzene rings is 1. The van der Waals surface area contributed by atoms with Crippen LogP contribution in [0.15, 0.2) is 46.0 Å². The smallest absolute Gasteiger partial charge is 0.254 e. The molecule has 0 spiro atoms. The van der Waals surface area contributed by atoms with Gasteiger partial charge in [0.15, 0.2) is 0 Å². The summed E-state index contributed by atoms with van der Waals surface area (Å²) in [6.45, 7) is 1.21. The molecule has 1 saturated heterocycles. The first-order valence-electron chi connectivity index (χ1n) is 12.1. The Balaban J connectivity index is 1.30. The third kappa shape index (κ3) is 6.21. The number of likely N-dealkylation sites (tertiary alicyclic amines) is 1. The Kier molecular flexibility index (Phi) is 8.67. The van der Waals surface area contributed by atoms with Crippen molar-refractivity contribution >= 4 is 40.8 Å². The first-order valence-corrected chi connectivity index (χ1v) is 14.1. The molecular formula is C26H33N3O3S2. The van der Waals surface area contributed by atoms with E-state index in [1.165, 1.54) is 42.4 Å². The van der Waals surface area contributed by atoms with Gasteiger partial charge >= 0.3 is 0 Å². The van der Waals surface area contributed by atoms with Gasteiger partial charge < -0.3 is 15.1 Å². The molecule has 1 aromatic carbocycles. The van der Waals surface area contributed by atoms with Crippen molar-refractivity contribution in [2.45, 2.75) is 61.9 Å². The molecule has 3 amide bonds. The Morgan fingerprint density at radius 1 is 1.06 bits per heavy atom. The Labute approximate surface area is 210 Å². The topological polar surface area (TPSA) is 69.7 Å². The maximum atomic E-state index is 13.3. The molecule has 2 heterocycles. The normalized spacial score (nSPS) is 17.4. The monoisotopic (exact) mass is 499 g/mol. The Morgan fingerprint density at radius 2 is 1.79 bits per heavy atom. The van der Waals surface area contributed by atoms with E-state index in [0.29, 0.717) is 36.0 Å². The highest BCUT2D eigenvalue weighted by Gasteiger charge is 2.27. The van der Waals surface area contributed by atoms with E-state index in [1.807, 2.05) is 57.9 Å². The number of nitrogens with zero attached hydrogens (tertiary/aromatic N) is 2. The third-order valence-electron chi connectivity index (χ3n) is 6.89. The zero-order valence-electron chi connectivity index (χ0n) is 19.7. The highest BCUT2D eigenvalue weighted by atomic mass is 32.2. The molecule has 0 atom stereocenters. The van der Waals surface area contributed by atoms with Crippen LogP contribution in [0.1, 0.15) is 65.7 Å². The summed E-state index contributed by atoms with van der Waals surface area (Å²) >= 11 is 2.96. The van der Waals surface area contributed by atoms with E-state index in [4.69, 9.17) is 0 Å². The zero-order valence-corrected chi connectivity index (χ0v) is 21.3. The molecule has 182 valence electrons. The van der Waals surface area contributed by atoms with Crippen molar-refractivity contribution in [1.29, 1.82) is 0 Å². The van der Waals surface area contributed by atoms with Crippen molar-refractivity contribution in [2.75, 3.05) is 25.9 Å². The van der Waals surface area contributed by atoms with Gasteiger partial charge in [0.1, 0.15) is 0 Å². The maximum Gasteiger partial charge on any atom is 0.254 e. The fourth-order valence-corrected chi connectivity index (χ4v) is 6.35. The van der Waals surface area contributed by atoms with Gasteiger partial charge in [-0.3, -0.25) is 14.4 Å². The van der Waals surface area contributed by atoms with E-state index in [2.05, 4.69) is 5.32 Å². The molecule has 4 rings (SSSR count). The number of thioether (sulfide) groups is 1. The summed E-state index contributed by atoms with van der Waals surface area (Å²) in [4.78, 5) is 43.0. The van der Waals surface area contributed by atoms with E-state index in [-0.39, 0.29) is 23.8 Å². The van der Waals surface area contributed by atoms with E-state index in [9.17, 15) is 14.4 Å². The van der Waals surface area contributed by atoms with Crippen LogP contribution in [0.3, 0.4) is 0 Å². The largest absolute Gasteiger partial charge is 0.349 e. The predicted octanol–water partition coefficient (Wildman–Crippen LogP) is 4.67. The van der Waals surface area contributed by atoms with Crippen LogP contribution in [0.25, 0.3) is 0 Å². The molecule has 1 aromatic heterocycles. The highest BCUT2D eigenvalue weighted by molar-refractivity contribution is 8.00. The molecule has 0 unspecified atom stereocenters. The highest BCUT2D eigenvalue weighted by Crippen LogP contribution is 2.27. The Bertz CT molecular complexity index is 981. The number of piperidine rings is 1. The minimum atomic E-state index is -0.0457. The maximum absolute atomic E-state index is 13.3. The van der Waals surface area contributed by atoms with Gasteiger partial charge in [0, 0.05) is 48.1 Å². The van der Waals surface area contributed by atoms with Crippen molar-refractivity contribution in [1.82, 2.24) is 15.1 Å². The molecule has 1 aliphatic heterocycles. The fraction of sp³-hybridized carbons (Fsp3) is 0.500. The van der Waals surface area contributed by atoms with Crippen molar-refractivity contribution < 1.29 is 14.4 Å². The average Bonchev–Trinajstić information content (AvgIpc) is 3.43.